The van der Waals surface area contributed by atoms with Gasteiger partial charge in [0.1, 0.15) is 0 Å². The number of sulfonamides is 1. The molecule has 5 nitrogen and oxygen atoms in total. The highest BCUT2D eigenvalue weighted by Gasteiger charge is 2.51. The zero-order valence-corrected chi connectivity index (χ0v) is 22.0. The van der Waals surface area contributed by atoms with Crippen LogP contribution in [0.1, 0.15) is 68.1 Å². The first kappa shape index (κ1) is 24.4. The number of amides is 1. The Labute approximate surface area is 210 Å². The average Bonchev–Trinajstić information content (AvgIpc) is 2.74. The first-order chi connectivity index (χ1) is 16.6. The molecule has 4 bridgehead atoms. The van der Waals surface area contributed by atoms with Crippen molar-refractivity contribution < 1.29 is 13.2 Å². The number of carbonyl (C=O) groups is 1. The van der Waals surface area contributed by atoms with Gasteiger partial charge in [0.05, 0.1) is 11.9 Å². The summed E-state index contributed by atoms with van der Waals surface area (Å²) in [6.45, 7) is 4.19. The van der Waals surface area contributed by atoms with E-state index in [1.165, 1.54) is 54.6 Å². The van der Waals surface area contributed by atoms with Crippen molar-refractivity contribution in [3.05, 3.63) is 59.2 Å². The molecule has 0 heterocycles. The minimum atomic E-state index is -3.43. The number of hydrogen-bond acceptors (Lipinski definition) is 3. The SMILES string of the molecule is Cc1cc(C)cc(N(CCCC(=O)Nc2ccc(C34CC5CC(CC(C5)C3)C4)cc2)S(C)(=O)=O)c1. The van der Waals surface area contributed by atoms with Crippen LogP contribution in [0.5, 0.6) is 0 Å². The maximum absolute atomic E-state index is 12.6. The lowest BCUT2D eigenvalue weighted by molar-refractivity contribution is -0.116. The van der Waals surface area contributed by atoms with E-state index in [1.807, 2.05) is 44.2 Å². The topological polar surface area (TPSA) is 66.5 Å². The molecular formula is C29H38N2O3S. The number of aryl methyl sites for hydroxylation is 2. The molecule has 0 aliphatic heterocycles. The van der Waals surface area contributed by atoms with Crippen LogP contribution in [0.2, 0.25) is 0 Å². The smallest absolute Gasteiger partial charge is 0.232 e. The van der Waals surface area contributed by atoms with Gasteiger partial charge < -0.3 is 5.32 Å². The number of anilines is 2. The molecule has 0 radical (unpaired) electrons. The summed E-state index contributed by atoms with van der Waals surface area (Å²) in [5.41, 5.74) is 5.32. The Balaban J connectivity index is 1.18. The van der Waals surface area contributed by atoms with E-state index in [4.69, 9.17) is 0 Å². The van der Waals surface area contributed by atoms with Gasteiger partial charge in [0, 0.05) is 18.7 Å². The number of rotatable bonds is 8. The van der Waals surface area contributed by atoms with Crippen LogP contribution in [-0.2, 0) is 20.2 Å². The van der Waals surface area contributed by atoms with Crippen LogP contribution < -0.4 is 9.62 Å². The molecule has 4 aliphatic carbocycles. The van der Waals surface area contributed by atoms with Crippen molar-refractivity contribution in [1.82, 2.24) is 0 Å². The normalized spacial score (nSPS) is 27.1. The Morgan fingerprint density at radius 1 is 0.943 bits per heavy atom. The van der Waals surface area contributed by atoms with Crippen molar-refractivity contribution >= 4 is 27.3 Å². The van der Waals surface area contributed by atoms with Crippen molar-refractivity contribution in [1.29, 1.82) is 0 Å². The Bertz CT molecular complexity index is 1150. The van der Waals surface area contributed by atoms with Gasteiger partial charge in [-0.1, -0.05) is 18.2 Å². The predicted molar refractivity (Wildman–Crippen MR) is 142 cm³/mol. The van der Waals surface area contributed by atoms with Gasteiger partial charge in [-0.05, 0) is 123 Å². The summed E-state index contributed by atoms with van der Waals surface area (Å²) in [5.74, 6) is 2.66. The molecule has 35 heavy (non-hydrogen) atoms. The summed E-state index contributed by atoms with van der Waals surface area (Å²) in [4.78, 5) is 12.6. The Morgan fingerprint density at radius 3 is 2.00 bits per heavy atom. The van der Waals surface area contributed by atoms with Gasteiger partial charge in [-0.15, -0.1) is 0 Å². The number of hydrogen-bond donors (Lipinski definition) is 1. The molecule has 2 aromatic rings. The van der Waals surface area contributed by atoms with Crippen LogP contribution in [0, 0.1) is 31.6 Å². The van der Waals surface area contributed by atoms with E-state index in [9.17, 15) is 13.2 Å². The molecule has 0 aromatic heterocycles. The lowest BCUT2D eigenvalue weighted by atomic mass is 9.48. The molecule has 6 rings (SSSR count). The van der Waals surface area contributed by atoms with E-state index in [0.717, 1.165) is 34.6 Å². The third kappa shape index (κ3) is 5.28. The number of nitrogens with one attached hydrogen (secondary N) is 1. The van der Waals surface area contributed by atoms with Gasteiger partial charge in [-0.25, -0.2) is 8.42 Å². The van der Waals surface area contributed by atoms with Gasteiger partial charge in [0.15, 0.2) is 0 Å². The maximum Gasteiger partial charge on any atom is 0.232 e. The first-order valence-corrected chi connectivity index (χ1v) is 14.9. The zero-order valence-electron chi connectivity index (χ0n) is 21.2. The third-order valence-corrected chi connectivity index (χ3v) is 9.67. The van der Waals surface area contributed by atoms with Crippen molar-refractivity contribution in [2.75, 3.05) is 22.4 Å². The van der Waals surface area contributed by atoms with Gasteiger partial charge in [-0.3, -0.25) is 9.10 Å². The summed E-state index contributed by atoms with van der Waals surface area (Å²) < 4.78 is 26.2. The van der Waals surface area contributed by atoms with Gasteiger partial charge in [0.25, 0.3) is 0 Å². The molecule has 4 saturated carbocycles. The van der Waals surface area contributed by atoms with Crippen molar-refractivity contribution in [2.45, 2.75) is 70.6 Å². The first-order valence-electron chi connectivity index (χ1n) is 13.1. The van der Waals surface area contributed by atoms with Gasteiger partial charge in [0.2, 0.25) is 15.9 Å². The van der Waals surface area contributed by atoms with E-state index in [-0.39, 0.29) is 18.9 Å². The highest BCUT2D eigenvalue weighted by Crippen LogP contribution is 2.60. The number of benzene rings is 2. The standard InChI is InChI=1S/C29H38N2O3S/c1-20-11-21(2)13-27(12-20)31(35(3,33)34)10-4-5-28(32)30-26-8-6-25(7-9-26)29-17-22-14-23(18-29)16-24(15-22)19-29/h6-9,11-13,22-24H,4-5,10,14-19H2,1-3H3,(H,30,32). The molecule has 1 N–H and O–H groups in total. The monoisotopic (exact) mass is 494 g/mol. The summed E-state index contributed by atoms with van der Waals surface area (Å²) in [7, 11) is -3.43. The highest BCUT2D eigenvalue weighted by molar-refractivity contribution is 7.92. The van der Waals surface area contributed by atoms with E-state index in [2.05, 4.69) is 17.4 Å². The van der Waals surface area contributed by atoms with E-state index in [0.29, 0.717) is 17.5 Å². The lowest BCUT2D eigenvalue weighted by Gasteiger charge is -2.57. The fraction of sp³-hybridized carbons (Fsp3) is 0.552. The van der Waals surface area contributed by atoms with Crippen LogP contribution in [0.25, 0.3) is 0 Å². The third-order valence-electron chi connectivity index (χ3n) is 8.48. The predicted octanol–water partition coefficient (Wildman–Crippen LogP) is 5.96. The molecule has 0 unspecified atom stereocenters. The summed E-state index contributed by atoms with van der Waals surface area (Å²) in [5, 5.41) is 3.01. The maximum atomic E-state index is 12.6. The minimum absolute atomic E-state index is 0.0820. The molecule has 188 valence electrons. The quantitative estimate of drug-likeness (QED) is 0.493. The zero-order chi connectivity index (χ0) is 24.8. The van der Waals surface area contributed by atoms with Crippen molar-refractivity contribution in [2.24, 2.45) is 17.8 Å². The molecule has 2 aromatic carbocycles. The van der Waals surface area contributed by atoms with E-state index in [1.54, 1.807) is 0 Å². The molecule has 0 atom stereocenters. The average molecular weight is 495 g/mol. The number of nitrogens with zero attached hydrogens (tertiary/aromatic N) is 1. The second kappa shape index (κ2) is 9.27. The molecular weight excluding hydrogens is 456 g/mol. The van der Waals surface area contributed by atoms with Crippen LogP contribution in [0.3, 0.4) is 0 Å². The second-order valence-corrected chi connectivity index (χ2v) is 13.5. The molecule has 4 fully saturated rings. The molecule has 6 heteroatoms. The van der Waals surface area contributed by atoms with E-state index < -0.39 is 10.0 Å². The minimum Gasteiger partial charge on any atom is -0.326 e. The van der Waals surface area contributed by atoms with Crippen molar-refractivity contribution in [3.63, 3.8) is 0 Å². The Kier molecular flexibility index (Phi) is 6.45. The van der Waals surface area contributed by atoms with Gasteiger partial charge in [-0.2, -0.15) is 0 Å². The molecule has 0 saturated heterocycles. The Morgan fingerprint density at radius 2 is 1.49 bits per heavy atom. The summed E-state index contributed by atoms with van der Waals surface area (Å²) in [6, 6.07) is 14.3. The Hall–Kier alpha value is -2.34. The second-order valence-electron chi connectivity index (χ2n) is 11.6. The van der Waals surface area contributed by atoms with Crippen LogP contribution in [0.4, 0.5) is 11.4 Å². The van der Waals surface area contributed by atoms with Gasteiger partial charge >= 0.3 is 0 Å². The summed E-state index contributed by atoms with van der Waals surface area (Å²) in [6.07, 6.45) is 10.3. The fourth-order valence-corrected chi connectivity index (χ4v) is 8.51. The van der Waals surface area contributed by atoms with Crippen LogP contribution in [0.15, 0.2) is 42.5 Å². The number of carbonyl (C=O) groups excluding carboxylic acids is 1. The summed E-state index contributed by atoms with van der Waals surface area (Å²) >= 11 is 0. The largest absolute Gasteiger partial charge is 0.326 e. The van der Waals surface area contributed by atoms with Crippen molar-refractivity contribution in [3.8, 4) is 0 Å². The van der Waals surface area contributed by atoms with Crippen LogP contribution >= 0.6 is 0 Å². The van der Waals surface area contributed by atoms with E-state index >= 15 is 0 Å². The molecule has 1 amide bonds. The van der Waals surface area contributed by atoms with Crippen LogP contribution in [-0.4, -0.2) is 27.1 Å². The highest BCUT2D eigenvalue weighted by atomic mass is 32.2. The fourth-order valence-electron chi connectivity index (χ4n) is 7.56. The lowest BCUT2D eigenvalue weighted by Crippen LogP contribution is -2.48. The molecule has 4 aliphatic rings. The molecule has 0 spiro atoms.